The first kappa shape index (κ1) is 17.2. The highest BCUT2D eigenvalue weighted by atomic mass is 32.2. The van der Waals surface area contributed by atoms with Crippen molar-refractivity contribution in [1.82, 2.24) is 14.5 Å². The van der Waals surface area contributed by atoms with Crippen molar-refractivity contribution >= 4 is 15.8 Å². The van der Waals surface area contributed by atoms with Crippen LogP contribution in [0.25, 0.3) is 0 Å². The van der Waals surface area contributed by atoms with Crippen molar-refractivity contribution in [3.05, 3.63) is 41.6 Å². The van der Waals surface area contributed by atoms with E-state index in [1.807, 2.05) is 0 Å². The molecule has 1 aliphatic heterocycles. The van der Waals surface area contributed by atoms with Gasteiger partial charge in [-0.15, -0.1) is 5.10 Å². The van der Waals surface area contributed by atoms with Gasteiger partial charge in [0.15, 0.2) is 5.82 Å². The number of anilines is 1. The van der Waals surface area contributed by atoms with Gasteiger partial charge in [0.1, 0.15) is 5.75 Å². The highest BCUT2D eigenvalue weighted by Crippen LogP contribution is 2.25. The fourth-order valence-corrected chi connectivity index (χ4v) is 4.95. The number of rotatable bonds is 4. The lowest BCUT2D eigenvalue weighted by Crippen LogP contribution is -2.49. The zero-order chi connectivity index (χ0) is 18.1. The average Bonchev–Trinajstić information content (AvgIpc) is 3.16. The highest BCUT2D eigenvalue weighted by Gasteiger charge is 2.29. The lowest BCUT2D eigenvalue weighted by molar-refractivity contribution is 0.383. The molecule has 1 aromatic carbocycles. The third-order valence-corrected chi connectivity index (χ3v) is 6.98. The third-order valence-electron chi connectivity index (χ3n) is 5.07. The molecule has 0 saturated carbocycles. The summed E-state index contributed by atoms with van der Waals surface area (Å²) in [4.78, 5) is 2.41. The van der Waals surface area contributed by atoms with Crippen molar-refractivity contribution in [3.8, 4) is 5.75 Å². The van der Waals surface area contributed by atoms with Crippen LogP contribution in [-0.2, 0) is 22.9 Å². The number of aryl methyl sites for hydroxylation is 2. The Balaban J connectivity index is 1.45. The van der Waals surface area contributed by atoms with Gasteiger partial charge in [-0.3, -0.25) is 0 Å². The maximum Gasteiger partial charge on any atom is 0.243 e. The summed E-state index contributed by atoms with van der Waals surface area (Å²) in [6.07, 6.45) is 3.21. The van der Waals surface area contributed by atoms with E-state index in [-0.39, 0.29) is 0 Å². The molecule has 1 saturated heterocycles. The number of sulfonamides is 1. The van der Waals surface area contributed by atoms with E-state index in [0.717, 1.165) is 30.8 Å². The van der Waals surface area contributed by atoms with Crippen molar-refractivity contribution in [2.75, 3.05) is 38.2 Å². The Labute approximate surface area is 153 Å². The number of piperazine rings is 1. The van der Waals surface area contributed by atoms with Crippen molar-refractivity contribution in [1.29, 1.82) is 0 Å². The van der Waals surface area contributed by atoms with Crippen molar-refractivity contribution < 1.29 is 13.2 Å². The summed E-state index contributed by atoms with van der Waals surface area (Å²) in [6.45, 7) is 2.10. The number of ether oxygens (including phenoxy) is 1. The Kier molecular flexibility index (Phi) is 4.54. The number of hydrogen-bond donors (Lipinski definition) is 0. The second-order valence-electron chi connectivity index (χ2n) is 6.59. The minimum absolute atomic E-state index is 0.295. The SMILES string of the molecule is COc1ccc(S(=O)(=O)N2CCN(c3cc4c(nn3)CCC4)CC2)cc1. The number of aromatic nitrogens is 2. The van der Waals surface area contributed by atoms with Gasteiger partial charge in [-0.05, 0) is 55.2 Å². The second-order valence-corrected chi connectivity index (χ2v) is 8.53. The maximum atomic E-state index is 12.8. The molecule has 8 heteroatoms. The average molecular weight is 374 g/mol. The summed E-state index contributed by atoms with van der Waals surface area (Å²) < 4.78 is 32.3. The molecule has 138 valence electrons. The number of methoxy groups -OCH3 is 1. The summed E-state index contributed by atoms with van der Waals surface area (Å²) in [7, 11) is -1.93. The van der Waals surface area contributed by atoms with E-state index in [9.17, 15) is 8.42 Å². The van der Waals surface area contributed by atoms with Crippen LogP contribution in [0.2, 0.25) is 0 Å². The molecule has 4 rings (SSSR count). The number of fused-ring (bicyclic) bond motifs is 1. The number of benzene rings is 1. The van der Waals surface area contributed by atoms with Crippen LogP contribution in [0.4, 0.5) is 5.82 Å². The minimum atomic E-state index is -3.49. The topological polar surface area (TPSA) is 75.6 Å². The molecule has 0 atom stereocenters. The summed E-state index contributed by atoms with van der Waals surface area (Å²) in [5.41, 5.74) is 2.39. The van der Waals surface area contributed by atoms with E-state index in [4.69, 9.17) is 4.74 Å². The smallest absolute Gasteiger partial charge is 0.243 e. The van der Waals surface area contributed by atoms with Crippen LogP contribution in [0.3, 0.4) is 0 Å². The van der Waals surface area contributed by atoms with Gasteiger partial charge in [0.25, 0.3) is 0 Å². The van der Waals surface area contributed by atoms with E-state index in [2.05, 4.69) is 21.2 Å². The van der Waals surface area contributed by atoms with E-state index in [0.29, 0.717) is 36.8 Å². The van der Waals surface area contributed by atoms with Gasteiger partial charge < -0.3 is 9.64 Å². The first-order chi connectivity index (χ1) is 12.6. The standard InChI is InChI=1S/C18H22N4O3S/c1-25-15-5-7-16(8-6-15)26(23,24)22-11-9-21(10-12-22)18-13-14-3-2-4-17(14)19-20-18/h5-8,13H,2-4,9-12H2,1H3. The predicted octanol–water partition coefficient (Wildman–Crippen LogP) is 1.48. The van der Waals surface area contributed by atoms with Crippen LogP contribution in [0.1, 0.15) is 17.7 Å². The van der Waals surface area contributed by atoms with E-state index in [1.165, 1.54) is 9.87 Å². The zero-order valence-corrected chi connectivity index (χ0v) is 15.6. The molecule has 1 aliphatic carbocycles. The van der Waals surface area contributed by atoms with Gasteiger partial charge in [0.2, 0.25) is 10.0 Å². The molecule has 0 radical (unpaired) electrons. The Bertz CT molecular complexity index is 891. The van der Waals surface area contributed by atoms with Gasteiger partial charge in [0.05, 0.1) is 17.7 Å². The molecule has 0 N–H and O–H groups in total. The quantitative estimate of drug-likeness (QED) is 0.807. The molecule has 7 nitrogen and oxygen atoms in total. The van der Waals surface area contributed by atoms with Crippen molar-refractivity contribution in [2.45, 2.75) is 24.2 Å². The van der Waals surface area contributed by atoms with Gasteiger partial charge in [0, 0.05) is 26.2 Å². The lowest BCUT2D eigenvalue weighted by atomic mass is 10.2. The number of nitrogens with zero attached hydrogens (tertiary/aromatic N) is 4. The van der Waals surface area contributed by atoms with Crippen molar-refractivity contribution in [2.24, 2.45) is 0 Å². The van der Waals surface area contributed by atoms with Crippen LogP contribution in [0.5, 0.6) is 5.75 Å². The molecule has 2 heterocycles. The van der Waals surface area contributed by atoms with Crippen LogP contribution in [-0.4, -0.2) is 56.2 Å². The Hall–Kier alpha value is -2.19. The Morgan fingerprint density at radius 1 is 1.00 bits per heavy atom. The van der Waals surface area contributed by atoms with Crippen LogP contribution < -0.4 is 9.64 Å². The molecular weight excluding hydrogens is 352 g/mol. The summed E-state index contributed by atoms with van der Waals surface area (Å²) >= 11 is 0. The van der Waals surface area contributed by atoms with E-state index >= 15 is 0 Å². The van der Waals surface area contributed by atoms with Crippen molar-refractivity contribution in [3.63, 3.8) is 0 Å². The molecule has 0 unspecified atom stereocenters. The Morgan fingerprint density at radius 3 is 2.42 bits per heavy atom. The van der Waals surface area contributed by atoms with Gasteiger partial charge >= 0.3 is 0 Å². The summed E-state index contributed by atoms with van der Waals surface area (Å²) in [5.74, 6) is 1.50. The van der Waals surface area contributed by atoms with Gasteiger partial charge in [-0.2, -0.15) is 9.40 Å². The maximum absolute atomic E-state index is 12.8. The Morgan fingerprint density at radius 2 is 1.73 bits per heavy atom. The minimum Gasteiger partial charge on any atom is -0.497 e. The second kappa shape index (κ2) is 6.85. The molecule has 1 fully saturated rings. The van der Waals surface area contributed by atoms with E-state index in [1.54, 1.807) is 31.4 Å². The summed E-state index contributed by atoms with van der Waals surface area (Å²) in [6, 6.07) is 8.63. The molecule has 2 aromatic rings. The zero-order valence-electron chi connectivity index (χ0n) is 14.8. The molecule has 2 aliphatic rings. The van der Waals surface area contributed by atoms with Gasteiger partial charge in [-0.1, -0.05) is 0 Å². The third kappa shape index (κ3) is 3.14. The molecule has 0 bridgehead atoms. The van der Waals surface area contributed by atoms with Crippen LogP contribution in [0.15, 0.2) is 35.2 Å². The van der Waals surface area contributed by atoms with Crippen LogP contribution in [0, 0.1) is 0 Å². The predicted molar refractivity (Wildman–Crippen MR) is 98.0 cm³/mol. The molecule has 1 aromatic heterocycles. The molecule has 26 heavy (non-hydrogen) atoms. The first-order valence-corrected chi connectivity index (χ1v) is 10.3. The summed E-state index contributed by atoms with van der Waals surface area (Å²) in [5, 5.41) is 8.66. The molecular formula is C18H22N4O3S. The molecule has 0 spiro atoms. The normalized spacial score (nSPS) is 18.0. The molecule has 0 amide bonds. The highest BCUT2D eigenvalue weighted by molar-refractivity contribution is 7.89. The fraction of sp³-hybridized carbons (Fsp3) is 0.444. The number of hydrogen-bond acceptors (Lipinski definition) is 6. The first-order valence-electron chi connectivity index (χ1n) is 8.82. The van der Waals surface area contributed by atoms with Gasteiger partial charge in [-0.25, -0.2) is 8.42 Å². The lowest BCUT2D eigenvalue weighted by Gasteiger charge is -2.34. The van der Waals surface area contributed by atoms with Crippen LogP contribution >= 0.6 is 0 Å². The fourth-order valence-electron chi connectivity index (χ4n) is 3.53. The van der Waals surface area contributed by atoms with E-state index < -0.39 is 10.0 Å². The monoisotopic (exact) mass is 374 g/mol. The largest absolute Gasteiger partial charge is 0.497 e.